The van der Waals surface area contributed by atoms with Crippen LogP contribution >= 0.6 is 22.9 Å². The summed E-state index contributed by atoms with van der Waals surface area (Å²) in [5, 5.41) is 1.56. The third-order valence-corrected chi connectivity index (χ3v) is 3.77. The number of aryl methyl sites for hydroxylation is 1. The van der Waals surface area contributed by atoms with Crippen LogP contribution in [0.5, 0.6) is 0 Å². The van der Waals surface area contributed by atoms with Crippen molar-refractivity contribution in [3.8, 4) is 0 Å². The molecular formula is C10H7ClOS. The van der Waals surface area contributed by atoms with Gasteiger partial charge in [0.25, 0.3) is 0 Å². The fraction of sp³-hybridized carbons (Fsp3) is 0.100. The van der Waals surface area contributed by atoms with E-state index >= 15 is 0 Å². The number of hydrogen-bond donors (Lipinski definition) is 0. The molecular weight excluding hydrogens is 204 g/mol. The van der Waals surface area contributed by atoms with Crippen LogP contribution in [0, 0.1) is 6.92 Å². The molecule has 3 heteroatoms. The van der Waals surface area contributed by atoms with E-state index in [1.54, 1.807) is 0 Å². The van der Waals surface area contributed by atoms with Crippen LogP contribution in [0.4, 0.5) is 0 Å². The van der Waals surface area contributed by atoms with Gasteiger partial charge < -0.3 is 0 Å². The molecule has 66 valence electrons. The molecule has 2 rings (SSSR count). The number of thiophene rings is 1. The Balaban J connectivity index is 2.91. The van der Waals surface area contributed by atoms with Crippen molar-refractivity contribution in [2.45, 2.75) is 6.92 Å². The van der Waals surface area contributed by atoms with Crippen molar-refractivity contribution in [3.63, 3.8) is 0 Å². The molecule has 2 aromatic rings. The minimum atomic E-state index is 0.582. The fourth-order valence-corrected chi connectivity index (χ4v) is 2.67. The Hall–Kier alpha value is -0.860. The number of halogens is 1. The van der Waals surface area contributed by atoms with E-state index in [1.165, 1.54) is 11.3 Å². The molecule has 1 heterocycles. The summed E-state index contributed by atoms with van der Waals surface area (Å²) in [7, 11) is 0. The molecule has 0 aliphatic heterocycles. The molecule has 13 heavy (non-hydrogen) atoms. The van der Waals surface area contributed by atoms with Crippen LogP contribution in [-0.4, -0.2) is 6.29 Å². The van der Waals surface area contributed by atoms with Gasteiger partial charge in [0, 0.05) is 10.1 Å². The van der Waals surface area contributed by atoms with Crippen LogP contribution in [0.15, 0.2) is 18.2 Å². The van der Waals surface area contributed by atoms with E-state index in [1.807, 2.05) is 25.1 Å². The summed E-state index contributed by atoms with van der Waals surface area (Å²) < 4.78 is 1.11. The summed E-state index contributed by atoms with van der Waals surface area (Å²) in [6.45, 7) is 2.02. The van der Waals surface area contributed by atoms with Crippen molar-refractivity contribution < 1.29 is 4.79 Å². The number of aldehydes is 1. The maximum atomic E-state index is 10.6. The average Bonchev–Trinajstić information content (AvgIpc) is 2.45. The molecule has 0 bridgehead atoms. The lowest BCUT2D eigenvalue weighted by molar-refractivity contribution is 0.112. The van der Waals surface area contributed by atoms with Gasteiger partial charge >= 0.3 is 0 Å². The molecule has 1 aromatic heterocycles. The number of fused-ring (bicyclic) bond motifs is 1. The van der Waals surface area contributed by atoms with Gasteiger partial charge in [0.15, 0.2) is 6.29 Å². The van der Waals surface area contributed by atoms with E-state index < -0.39 is 0 Å². The Morgan fingerprint density at radius 1 is 1.46 bits per heavy atom. The third-order valence-electron chi connectivity index (χ3n) is 1.98. The molecule has 1 nitrogen and oxygen atoms in total. The molecule has 0 saturated heterocycles. The summed E-state index contributed by atoms with van der Waals surface area (Å²) in [4.78, 5) is 11.3. The van der Waals surface area contributed by atoms with Gasteiger partial charge in [-0.15, -0.1) is 11.3 Å². The molecule has 0 aliphatic rings. The quantitative estimate of drug-likeness (QED) is 0.657. The van der Waals surface area contributed by atoms with Crippen LogP contribution in [0.1, 0.15) is 15.2 Å². The third kappa shape index (κ3) is 1.26. The van der Waals surface area contributed by atoms with E-state index in [2.05, 4.69) is 0 Å². The zero-order valence-electron chi connectivity index (χ0n) is 7.00. The number of benzene rings is 1. The fourth-order valence-electron chi connectivity index (χ4n) is 1.32. The van der Waals surface area contributed by atoms with Gasteiger partial charge in [0.2, 0.25) is 0 Å². The van der Waals surface area contributed by atoms with Crippen molar-refractivity contribution in [1.29, 1.82) is 0 Å². The van der Waals surface area contributed by atoms with E-state index in [-0.39, 0.29) is 0 Å². The summed E-state index contributed by atoms with van der Waals surface area (Å²) in [6.07, 6.45) is 0.812. The standard InChI is InChI=1S/C10H7ClOS/c1-6-3-2-4-7-9(11)8(5-12)13-10(6)7/h2-5H,1H3. The number of rotatable bonds is 1. The Bertz CT molecular complexity index is 473. The summed E-state index contributed by atoms with van der Waals surface area (Å²) in [5.41, 5.74) is 1.16. The maximum Gasteiger partial charge on any atom is 0.161 e. The highest BCUT2D eigenvalue weighted by Crippen LogP contribution is 2.35. The summed E-state index contributed by atoms with van der Waals surface area (Å²) in [5.74, 6) is 0. The van der Waals surface area contributed by atoms with Crippen molar-refractivity contribution in [1.82, 2.24) is 0 Å². The van der Waals surface area contributed by atoms with Crippen LogP contribution in [0.3, 0.4) is 0 Å². The van der Waals surface area contributed by atoms with Gasteiger partial charge in [0.1, 0.15) is 0 Å². The molecule has 0 atom stereocenters. The van der Waals surface area contributed by atoms with Gasteiger partial charge in [-0.05, 0) is 12.5 Å². The van der Waals surface area contributed by atoms with E-state index in [0.29, 0.717) is 9.90 Å². The lowest BCUT2D eigenvalue weighted by Gasteiger charge is -1.92. The van der Waals surface area contributed by atoms with E-state index in [4.69, 9.17) is 11.6 Å². The van der Waals surface area contributed by atoms with Crippen molar-refractivity contribution >= 4 is 39.3 Å². The Morgan fingerprint density at radius 2 is 2.23 bits per heavy atom. The molecule has 0 saturated carbocycles. The topological polar surface area (TPSA) is 17.1 Å². The molecule has 0 radical (unpaired) electrons. The minimum absolute atomic E-state index is 0.582. The zero-order chi connectivity index (χ0) is 9.42. The SMILES string of the molecule is Cc1cccc2c(Cl)c(C=O)sc12. The largest absolute Gasteiger partial charge is 0.297 e. The average molecular weight is 211 g/mol. The molecule has 0 unspecified atom stereocenters. The predicted molar refractivity (Wildman–Crippen MR) is 57.0 cm³/mol. The number of carbonyl (C=O) groups is 1. The molecule has 0 amide bonds. The van der Waals surface area contributed by atoms with Crippen LogP contribution in [0.25, 0.3) is 10.1 Å². The highest BCUT2D eigenvalue weighted by Gasteiger charge is 2.09. The Kier molecular flexibility index (Phi) is 2.10. The van der Waals surface area contributed by atoms with Gasteiger partial charge in [-0.1, -0.05) is 29.8 Å². The van der Waals surface area contributed by atoms with Crippen molar-refractivity contribution in [2.24, 2.45) is 0 Å². The first kappa shape index (κ1) is 8.73. The highest BCUT2D eigenvalue weighted by atomic mass is 35.5. The molecule has 0 spiro atoms. The van der Waals surface area contributed by atoms with Crippen LogP contribution < -0.4 is 0 Å². The number of carbonyl (C=O) groups excluding carboxylic acids is 1. The summed E-state index contributed by atoms with van der Waals surface area (Å²) in [6, 6.07) is 5.91. The monoisotopic (exact) mass is 210 g/mol. The van der Waals surface area contributed by atoms with Gasteiger partial charge in [-0.25, -0.2) is 0 Å². The molecule has 0 N–H and O–H groups in total. The second-order valence-electron chi connectivity index (χ2n) is 2.85. The predicted octanol–water partition coefficient (Wildman–Crippen LogP) is 3.68. The zero-order valence-corrected chi connectivity index (χ0v) is 8.58. The number of hydrogen-bond acceptors (Lipinski definition) is 2. The van der Waals surface area contributed by atoms with E-state index in [9.17, 15) is 4.79 Å². The Morgan fingerprint density at radius 3 is 2.85 bits per heavy atom. The molecule has 0 fully saturated rings. The second kappa shape index (κ2) is 3.13. The first-order valence-corrected chi connectivity index (χ1v) is 5.06. The van der Waals surface area contributed by atoms with Crippen molar-refractivity contribution in [2.75, 3.05) is 0 Å². The van der Waals surface area contributed by atoms with Gasteiger partial charge in [0.05, 0.1) is 9.90 Å². The Labute approximate surface area is 84.9 Å². The van der Waals surface area contributed by atoms with Gasteiger partial charge in [-0.2, -0.15) is 0 Å². The smallest absolute Gasteiger partial charge is 0.161 e. The van der Waals surface area contributed by atoms with Crippen molar-refractivity contribution in [3.05, 3.63) is 33.7 Å². The second-order valence-corrected chi connectivity index (χ2v) is 4.28. The molecule has 1 aromatic carbocycles. The maximum absolute atomic E-state index is 10.6. The lowest BCUT2D eigenvalue weighted by Crippen LogP contribution is -1.70. The molecule has 0 aliphatic carbocycles. The first-order valence-electron chi connectivity index (χ1n) is 3.87. The minimum Gasteiger partial charge on any atom is -0.297 e. The lowest BCUT2D eigenvalue weighted by atomic mass is 10.2. The normalized spacial score (nSPS) is 10.6. The first-order chi connectivity index (χ1) is 6.24. The highest BCUT2D eigenvalue weighted by molar-refractivity contribution is 7.21. The summed E-state index contributed by atoms with van der Waals surface area (Å²) >= 11 is 7.46. The van der Waals surface area contributed by atoms with Crippen LogP contribution in [-0.2, 0) is 0 Å². The van der Waals surface area contributed by atoms with E-state index in [0.717, 1.165) is 21.9 Å². The van der Waals surface area contributed by atoms with Gasteiger partial charge in [-0.3, -0.25) is 4.79 Å². The van der Waals surface area contributed by atoms with Crippen LogP contribution in [0.2, 0.25) is 5.02 Å².